The molecule has 0 fully saturated rings. The van der Waals surface area contributed by atoms with Crippen LogP contribution in [0.5, 0.6) is 5.75 Å². The highest BCUT2D eigenvalue weighted by molar-refractivity contribution is 5.85. The fourth-order valence-electron chi connectivity index (χ4n) is 3.31. The normalized spacial score (nSPS) is 11.2. The number of aromatic nitrogens is 3. The van der Waals surface area contributed by atoms with Crippen LogP contribution in [0.25, 0.3) is 11.0 Å². The van der Waals surface area contributed by atoms with Crippen LogP contribution in [-0.4, -0.2) is 34.2 Å². The lowest BCUT2D eigenvalue weighted by Crippen LogP contribution is -2.32. The van der Waals surface area contributed by atoms with Crippen LogP contribution in [0.15, 0.2) is 69.0 Å². The van der Waals surface area contributed by atoms with E-state index in [1.807, 2.05) is 42.5 Å². The SMILES string of the molecule is COc1ccccc1/C=N\NC(=O)Cn1nc(Cc2ccccc2)c2onc(C)c2c1=O. The molecule has 9 heteroatoms. The molecule has 2 aromatic carbocycles. The summed E-state index contributed by atoms with van der Waals surface area (Å²) in [6.07, 6.45) is 1.90. The molecule has 0 unspecified atom stereocenters. The van der Waals surface area contributed by atoms with Gasteiger partial charge in [-0.15, -0.1) is 0 Å². The van der Waals surface area contributed by atoms with Gasteiger partial charge in [-0.2, -0.15) is 10.2 Å². The number of aryl methyl sites for hydroxylation is 1. The van der Waals surface area contributed by atoms with Crippen molar-refractivity contribution in [2.45, 2.75) is 19.9 Å². The van der Waals surface area contributed by atoms with Crippen LogP contribution in [-0.2, 0) is 17.8 Å². The van der Waals surface area contributed by atoms with Crippen molar-refractivity contribution in [1.29, 1.82) is 0 Å². The second kappa shape index (κ2) is 9.25. The maximum absolute atomic E-state index is 12.9. The zero-order valence-corrected chi connectivity index (χ0v) is 17.6. The first-order valence-corrected chi connectivity index (χ1v) is 9.91. The monoisotopic (exact) mass is 431 g/mol. The Labute approximate surface area is 183 Å². The molecule has 2 aromatic heterocycles. The Morgan fingerprint density at radius 3 is 2.72 bits per heavy atom. The largest absolute Gasteiger partial charge is 0.496 e. The second-order valence-corrected chi connectivity index (χ2v) is 7.08. The average Bonchev–Trinajstić information content (AvgIpc) is 3.20. The highest BCUT2D eigenvalue weighted by Crippen LogP contribution is 2.19. The van der Waals surface area contributed by atoms with E-state index in [-0.39, 0.29) is 6.54 Å². The van der Waals surface area contributed by atoms with Crippen LogP contribution in [0.3, 0.4) is 0 Å². The number of benzene rings is 2. The van der Waals surface area contributed by atoms with Gasteiger partial charge in [-0.25, -0.2) is 10.1 Å². The molecule has 0 spiro atoms. The van der Waals surface area contributed by atoms with E-state index in [4.69, 9.17) is 9.26 Å². The fraction of sp³-hybridized carbons (Fsp3) is 0.174. The molecule has 4 rings (SSSR count). The molecule has 32 heavy (non-hydrogen) atoms. The molecule has 0 saturated carbocycles. The van der Waals surface area contributed by atoms with Gasteiger partial charge in [0, 0.05) is 12.0 Å². The minimum absolute atomic E-state index is 0.301. The van der Waals surface area contributed by atoms with Gasteiger partial charge in [-0.1, -0.05) is 47.6 Å². The molecule has 9 nitrogen and oxygen atoms in total. The lowest BCUT2D eigenvalue weighted by Gasteiger charge is -2.08. The van der Waals surface area contributed by atoms with E-state index in [1.54, 1.807) is 26.2 Å². The van der Waals surface area contributed by atoms with Gasteiger partial charge in [0.2, 0.25) is 0 Å². The third kappa shape index (κ3) is 4.41. The van der Waals surface area contributed by atoms with Gasteiger partial charge in [0.15, 0.2) is 5.58 Å². The number of rotatable bonds is 7. The van der Waals surface area contributed by atoms with Crippen LogP contribution in [0.4, 0.5) is 0 Å². The number of fused-ring (bicyclic) bond motifs is 1. The molecule has 0 radical (unpaired) electrons. The molecular formula is C23H21N5O4. The number of nitrogens with one attached hydrogen (secondary N) is 1. The second-order valence-electron chi connectivity index (χ2n) is 7.08. The van der Waals surface area contributed by atoms with Crippen LogP contribution >= 0.6 is 0 Å². The molecule has 4 aromatic rings. The highest BCUT2D eigenvalue weighted by Gasteiger charge is 2.19. The highest BCUT2D eigenvalue weighted by atomic mass is 16.5. The van der Waals surface area contributed by atoms with Crippen LogP contribution < -0.4 is 15.7 Å². The standard InChI is InChI=1S/C23H21N5O4/c1-15-21-22(32-27-15)18(12-16-8-4-3-5-9-16)26-28(23(21)30)14-20(29)25-24-13-17-10-6-7-11-19(17)31-2/h3-11,13H,12,14H2,1-2H3,(H,25,29)/b24-13-. The number of carbonyl (C=O) groups excluding carboxylic acids is 1. The molecule has 0 bridgehead atoms. The first kappa shape index (κ1) is 21.0. The van der Waals surface area contributed by atoms with E-state index in [0.717, 1.165) is 10.2 Å². The van der Waals surface area contributed by atoms with Gasteiger partial charge in [0.05, 0.1) is 19.0 Å². The number of amides is 1. The van der Waals surface area contributed by atoms with E-state index >= 15 is 0 Å². The van der Waals surface area contributed by atoms with Gasteiger partial charge in [-0.05, 0) is 24.6 Å². The average molecular weight is 431 g/mol. The first-order valence-electron chi connectivity index (χ1n) is 9.91. The number of methoxy groups -OCH3 is 1. The lowest BCUT2D eigenvalue weighted by molar-refractivity contribution is -0.121. The van der Waals surface area contributed by atoms with Crippen molar-refractivity contribution in [2.24, 2.45) is 5.10 Å². The van der Waals surface area contributed by atoms with E-state index in [2.05, 4.69) is 20.8 Å². The van der Waals surface area contributed by atoms with E-state index < -0.39 is 11.5 Å². The summed E-state index contributed by atoms with van der Waals surface area (Å²) < 4.78 is 11.7. The molecule has 0 aliphatic heterocycles. The summed E-state index contributed by atoms with van der Waals surface area (Å²) in [4.78, 5) is 25.3. The maximum Gasteiger partial charge on any atom is 0.280 e. The third-order valence-electron chi connectivity index (χ3n) is 4.85. The molecular weight excluding hydrogens is 410 g/mol. The topological polar surface area (TPSA) is 112 Å². The molecule has 1 amide bonds. The zero-order chi connectivity index (χ0) is 22.5. The van der Waals surface area contributed by atoms with E-state index in [9.17, 15) is 9.59 Å². The summed E-state index contributed by atoms with van der Waals surface area (Å²) in [5.41, 5.74) is 4.98. The van der Waals surface area contributed by atoms with Crippen molar-refractivity contribution in [3.63, 3.8) is 0 Å². The molecule has 0 aliphatic rings. The number of hydrazone groups is 1. The Morgan fingerprint density at radius 2 is 1.94 bits per heavy atom. The molecule has 0 aliphatic carbocycles. The minimum Gasteiger partial charge on any atom is -0.496 e. The predicted molar refractivity (Wildman–Crippen MR) is 119 cm³/mol. The van der Waals surface area contributed by atoms with E-state index in [0.29, 0.717) is 40.1 Å². The summed E-state index contributed by atoms with van der Waals surface area (Å²) in [5.74, 6) is 0.132. The number of ether oxygens (including phenoxy) is 1. The summed E-state index contributed by atoms with van der Waals surface area (Å²) in [6, 6.07) is 16.9. The summed E-state index contributed by atoms with van der Waals surface area (Å²) in [5, 5.41) is 12.6. The van der Waals surface area contributed by atoms with Crippen molar-refractivity contribution in [2.75, 3.05) is 7.11 Å². The zero-order valence-electron chi connectivity index (χ0n) is 17.6. The van der Waals surface area contributed by atoms with Gasteiger partial charge in [-0.3, -0.25) is 9.59 Å². The van der Waals surface area contributed by atoms with Crippen molar-refractivity contribution in [3.8, 4) is 5.75 Å². The Hall–Kier alpha value is -4.27. The van der Waals surface area contributed by atoms with Crippen LogP contribution in [0.1, 0.15) is 22.5 Å². The minimum atomic E-state index is -0.495. The first-order chi connectivity index (χ1) is 15.6. The van der Waals surface area contributed by atoms with Crippen LogP contribution in [0.2, 0.25) is 0 Å². The molecule has 0 atom stereocenters. The number of carbonyl (C=O) groups is 1. The number of hydrogen-bond donors (Lipinski definition) is 1. The van der Waals surface area contributed by atoms with Crippen molar-refractivity contribution >= 4 is 23.1 Å². The Kier molecular flexibility index (Phi) is 6.07. The summed E-state index contributed by atoms with van der Waals surface area (Å²) >= 11 is 0. The smallest absolute Gasteiger partial charge is 0.280 e. The van der Waals surface area contributed by atoms with Gasteiger partial charge in [0.1, 0.15) is 23.4 Å². The van der Waals surface area contributed by atoms with Gasteiger partial charge >= 0.3 is 0 Å². The number of nitrogens with zero attached hydrogens (tertiary/aromatic N) is 4. The van der Waals surface area contributed by atoms with Crippen molar-refractivity contribution in [1.82, 2.24) is 20.4 Å². The van der Waals surface area contributed by atoms with Gasteiger partial charge < -0.3 is 9.26 Å². The number of hydrogen-bond acceptors (Lipinski definition) is 7. The quantitative estimate of drug-likeness (QED) is 0.355. The summed E-state index contributed by atoms with van der Waals surface area (Å²) in [6.45, 7) is 1.38. The Balaban J connectivity index is 1.57. The maximum atomic E-state index is 12.9. The molecule has 162 valence electrons. The fourth-order valence-corrected chi connectivity index (χ4v) is 3.31. The lowest BCUT2D eigenvalue weighted by atomic mass is 10.1. The Morgan fingerprint density at radius 1 is 1.19 bits per heavy atom. The van der Waals surface area contributed by atoms with Gasteiger partial charge in [0.25, 0.3) is 11.5 Å². The molecule has 0 saturated heterocycles. The van der Waals surface area contributed by atoms with Crippen molar-refractivity contribution < 1.29 is 14.1 Å². The predicted octanol–water partition coefficient (Wildman–Crippen LogP) is 2.44. The number of para-hydroxylation sites is 1. The van der Waals surface area contributed by atoms with Crippen molar-refractivity contribution in [3.05, 3.63) is 87.5 Å². The Bertz CT molecular complexity index is 1340. The van der Waals surface area contributed by atoms with Crippen LogP contribution in [0, 0.1) is 6.92 Å². The summed E-state index contributed by atoms with van der Waals surface area (Å²) in [7, 11) is 1.55. The molecule has 2 heterocycles. The van der Waals surface area contributed by atoms with E-state index in [1.165, 1.54) is 6.21 Å². The third-order valence-corrected chi connectivity index (χ3v) is 4.85. The molecule has 1 N–H and O–H groups in total.